The molecule has 0 atom stereocenters. The normalized spacial score (nSPS) is 10.7. The molecule has 0 aliphatic carbocycles. The van der Waals surface area contributed by atoms with E-state index >= 15 is 0 Å². The highest BCUT2D eigenvalue weighted by Crippen LogP contribution is 2.27. The van der Waals surface area contributed by atoms with E-state index < -0.39 is 0 Å². The molecule has 0 fully saturated rings. The fraction of sp³-hybridized carbons (Fsp3) is 0.143. The third-order valence-corrected chi connectivity index (χ3v) is 5.19. The van der Waals surface area contributed by atoms with Crippen LogP contribution in [-0.4, -0.2) is 15.7 Å². The summed E-state index contributed by atoms with van der Waals surface area (Å²) in [5.74, 6) is 0. The Morgan fingerprint density at radius 1 is 0.722 bits per heavy atom. The van der Waals surface area contributed by atoms with Crippen molar-refractivity contribution in [1.82, 2.24) is 0 Å². The molecule has 0 nitrogen and oxygen atoms in total. The monoisotopic (exact) mass is 362 g/mol. The number of hydrogen-bond donors (Lipinski definition) is 0. The molecule has 0 unspecified atom stereocenters. The largest absolute Gasteiger partial charge is 0.139 e. The molecule has 4 heteroatoms. The predicted octanol–water partition coefficient (Wildman–Crippen LogP) is 2.01. The number of benzene rings is 2. The zero-order chi connectivity index (χ0) is 13.4. The molecule has 2 rings (SSSR count). The van der Waals surface area contributed by atoms with Crippen molar-refractivity contribution in [3.8, 4) is 11.1 Å². The third kappa shape index (κ3) is 2.60. The van der Waals surface area contributed by atoms with E-state index in [2.05, 4.69) is 85.7 Å². The highest BCUT2D eigenvalue weighted by molar-refractivity contribution is 9.10. The second kappa shape index (κ2) is 5.26. The molecule has 0 radical (unpaired) electrons. The molecule has 0 aromatic heterocycles. The van der Waals surface area contributed by atoms with Gasteiger partial charge in [-0.15, -0.1) is 0 Å². The molecule has 0 saturated carbocycles. The summed E-state index contributed by atoms with van der Waals surface area (Å²) in [6.07, 6.45) is 0. The smallest absolute Gasteiger partial charge is 0.0844 e. The van der Waals surface area contributed by atoms with Crippen LogP contribution >= 0.6 is 31.9 Å². The number of hydrogen-bond acceptors (Lipinski definition) is 0. The van der Waals surface area contributed by atoms with Crippen LogP contribution in [-0.2, 0) is 0 Å². The first kappa shape index (κ1) is 13.9. The number of halogens is 2. The van der Waals surface area contributed by atoms with E-state index in [1.165, 1.54) is 42.1 Å². The first-order valence-electron chi connectivity index (χ1n) is 5.94. The first-order chi connectivity index (χ1) is 8.40. The molecule has 2 aromatic rings. The summed E-state index contributed by atoms with van der Waals surface area (Å²) in [7, 11) is 4.30. The Morgan fingerprint density at radius 3 is 1.33 bits per heavy atom. The Balaban J connectivity index is 2.63. The minimum absolute atomic E-state index is 1.17. The zero-order valence-electron chi connectivity index (χ0n) is 11.1. The Labute approximate surface area is 127 Å². The first-order valence-corrected chi connectivity index (χ1v) is 7.52. The Bertz CT molecular complexity index is 520. The van der Waals surface area contributed by atoms with Gasteiger partial charge in [0.2, 0.25) is 0 Å². The molecular formula is C14H14B2Br2. The van der Waals surface area contributed by atoms with E-state index in [1.807, 2.05) is 0 Å². The van der Waals surface area contributed by atoms with E-state index in [1.54, 1.807) is 0 Å². The standard InChI is InChI=1S/C14H14B2Br2/c1-7-11(15)3-9(5-13(7)17)10-4-12(16)8(2)14(18)6-10/h3-6H,15-16H2,1-2H3. The topological polar surface area (TPSA) is 0 Å². The Morgan fingerprint density at radius 2 is 1.06 bits per heavy atom. The van der Waals surface area contributed by atoms with Crippen LogP contribution in [0.4, 0.5) is 0 Å². The van der Waals surface area contributed by atoms with E-state index in [9.17, 15) is 0 Å². The lowest BCUT2D eigenvalue weighted by molar-refractivity contribution is 1.44. The maximum Gasteiger partial charge on any atom is 0.139 e. The Hall–Kier alpha value is -0.470. The fourth-order valence-corrected chi connectivity index (χ4v) is 3.08. The predicted molar refractivity (Wildman–Crippen MR) is 93.1 cm³/mol. The van der Waals surface area contributed by atoms with Crippen molar-refractivity contribution in [2.45, 2.75) is 13.8 Å². The molecule has 0 aliphatic heterocycles. The van der Waals surface area contributed by atoms with Crippen LogP contribution in [0.1, 0.15) is 11.1 Å². The second-order valence-corrected chi connectivity index (χ2v) is 6.51. The fourth-order valence-electron chi connectivity index (χ4n) is 1.97. The molecule has 90 valence electrons. The van der Waals surface area contributed by atoms with Gasteiger partial charge in [-0.1, -0.05) is 54.9 Å². The van der Waals surface area contributed by atoms with Crippen LogP contribution in [0.3, 0.4) is 0 Å². The van der Waals surface area contributed by atoms with Crippen molar-refractivity contribution in [3.63, 3.8) is 0 Å². The SMILES string of the molecule is Bc1cc(-c2cc(B)c(C)c(Br)c2)cc(Br)c1C. The van der Waals surface area contributed by atoms with Gasteiger partial charge in [-0.2, -0.15) is 0 Å². The zero-order valence-corrected chi connectivity index (χ0v) is 14.2. The van der Waals surface area contributed by atoms with Gasteiger partial charge < -0.3 is 0 Å². The summed E-state index contributed by atoms with van der Waals surface area (Å²) in [5, 5.41) is 0. The van der Waals surface area contributed by atoms with Crippen molar-refractivity contribution >= 4 is 58.5 Å². The van der Waals surface area contributed by atoms with Crippen molar-refractivity contribution < 1.29 is 0 Å². The highest BCUT2D eigenvalue weighted by atomic mass is 79.9. The van der Waals surface area contributed by atoms with E-state index in [0.717, 1.165) is 0 Å². The second-order valence-electron chi connectivity index (χ2n) is 4.80. The van der Waals surface area contributed by atoms with Gasteiger partial charge >= 0.3 is 0 Å². The van der Waals surface area contributed by atoms with Gasteiger partial charge in [0.1, 0.15) is 15.7 Å². The highest BCUT2D eigenvalue weighted by Gasteiger charge is 2.07. The van der Waals surface area contributed by atoms with Crippen molar-refractivity contribution in [2.75, 3.05) is 0 Å². The molecule has 2 aromatic carbocycles. The summed E-state index contributed by atoms with van der Waals surface area (Å²) >= 11 is 7.27. The lowest BCUT2D eigenvalue weighted by Gasteiger charge is -2.11. The van der Waals surface area contributed by atoms with Crippen LogP contribution in [0.15, 0.2) is 33.2 Å². The van der Waals surface area contributed by atoms with Crippen LogP contribution in [0.2, 0.25) is 0 Å². The van der Waals surface area contributed by atoms with Crippen molar-refractivity contribution in [2.24, 2.45) is 0 Å². The van der Waals surface area contributed by atoms with E-state index in [0.29, 0.717) is 0 Å². The molecular weight excluding hydrogens is 350 g/mol. The lowest BCUT2D eigenvalue weighted by atomic mass is 9.85. The maximum absolute atomic E-state index is 3.63. The lowest BCUT2D eigenvalue weighted by Crippen LogP contribution is -2.10. The minimum Gasteiger partial charge on any atom is -0.0844 e. The maximum atomic E-state index is 3.63. The molecule has 0 spiro atoms. The summed E-state index contributed by atoms with van der Waals surface area (Å²) in [5.41, 5.74) is 7.76. The van der Waals surface area contributed by atoms with Crippen molar-refractivity contribution in [3.05, 3.63) is 44.3 Å². The Kier molecular flexibility index (Phi) is 4.08. The average molecular weight is 364 g/mol. The van der Waals surface area contributed by atoms with Gasteiger partial charge in [-0.05, 0) is 48.2 Å². The van der Waals surface area contributed by atoms with Gasteiger partial charge in [0.15, 0.2) is 0 Å². The van der Waals surface area contributed by atoms with Crippen LogP contribution in [0.5, 0.6) is 0 Å². The van der Waals surface area contributed by atoms with Crippen LogP contribution < -0.4 is 10.9 Å². The number of rotatable bonds is 1. The van der Waals surface area contributed by atoms with Crippen LogP contribution in [0, 0.1) is 13.8 Å². The average Bonchev–Trinajstić information content (AvgIpc) is 2.31. The minimum atomic E-state index is 1.17. The molecule has 18 heavy (non-hydrogen) atoms. The summed E-state index contributed by atoms with van der Waals surface area (Å²) in [6, 6.07) is 8.88. The molecule has 0 aliphatic rings. The molecule has 0 N–H and O–H groups in total. The molecule has 0 amide bonds. The van der Waals surface area contributed by atoms with Gasteiger partial charge in [0.25, 0.3) is 0 Å². The van der Waals surface area contributed by atoms with Gasteiger partial charge in [0.05, 0.1) is 0 Å². The molecule has 0 heterocycles. The van der Waals surface area contributed by atoms with E-state index in [4.69, 9.17) is 0 Å². The summed E-state index contributed by atoms with van der Waals surface area (Å²) < 4.78 is 2.35. The van der Waals surface area contributed by atoms with Crippen LogP contribution in [0.25, 0.3) is 11.1 Å². The third-order valence-electron chi connectivity index (χ3n) is 3.54. The van der Waals surface area contributed by atoms with Gasteiger partial charge in [-0.3, -0.25) is 0 Å². The van der Waals surface area contributed by atoms with Gasteiger partial charge in [0, 0.05) is 8.95 Å². The molecule has 0 bridgehead atoms. The van der Waals surface area contributed by atoms with Gasteiger partial charge in [-0.25, -0.2) is 0 Å². The molecule has 0 saturated heterocycles. The summed E-state index contributed by atoms with van der Waals surface area (Å²) in [6.45, 7) is 4.28. The van der Waals surface area contributed by atoms with Crippen molar-refractivity contribution in [1.29, 1.82) is 0 Å². The summed E-state index contributed by atoms with van der Waals surface area (Å²) in [4.78, 5) is 0. The quantitative estimate of drug-likeness (QED) is 0.680. The van der Waals surface area contributed by atoms with E-state index in [-0.39, 0.29) is 0 Å².